The van der Waals surface area contributed by atoms with E-state index in [1.807, 2.05) is 30.0 Å². The van der Waals surface area contributed by atoms with Gasteiger partial charge in [-0.05, 0) is 59.7 Å². The Kier molecular flexibility index (Phi) is 7.07. The first-order valence-electron chi connectivity index (χ1n) is 10.3. The van der Waals surface area contributed by atoms with Crippen molar-refractivity contribution < 1.29 is 9.18 Å². The molecule has 0 unspecified atom stereocenters. The third kappa shape index (κ3) is 5.11. The van der Waals surface area contributed by atoms with Crippen molar-refractivity contribution in [2.75, 3.05) is 31.9 Å². The van der Waals surface area contributed by atoms with Crippen LogP contribution in [0.2, 0.25) is 5.02 Å². The van der Waals surface area contributed by atoms with Crippen molar-refractivity contribution in [3.05, 3.63) is 63.9 Å². The van der Waals surface area contributed by atoms with Crippen molar-refractivity contribution in [2.45, 2.75) is 25.5 Å². The van der Waals surface area contributed by atoms with Crippen LogP contribution in [0.15, 0.2) is 41.6 Å². The Hall–Kier alpha value is -2.49. The minimum Gasteiger partial charge on any atom is -0.339 e. The second kappa shape index (κ2) is 9.97. The summed E-state index contributed by atoms with van der Waals surface area (Å²) in [5.74, 6) is -0.00761. The first-order chi connectivity index (χ1) is 15.4. The number of hydrogen-bond donors (Lipinski definition) is 0. The Morgan fingerprint density at radius 1 is 1.12 bits per heavy atom. The zero-order valence-electron chi connectivity index (χ0n) is 18.0. The molecule has 4 rings (SSSR count). The van der Waals surface area contributed by atoms with Crippen LogP contribution in [0.1, 0.15) is 16.7 Å². The third-order valence-electron chi connectivity index (χ3n) is 5.67. The molecule has 7 nitrogen and oxygen atoms in total. The van der Waals surface area contributed by atoms with E-state index in [2.05, 4.69) is 27.3 Å². The quantitative estimate of drug-likeness (QED) is 0.509. The van der Waals surface area contributed by atoms with Gasteiger partial charge in [0.2, 0.25) is 11.1 Å². The van der Waals surface area contributed by atoms with Gasteiger partial charge in [0.15, 0.2) is 0 Å². The summed E-state index contributed by atoms with van der Waals surface area (Å²) >= 11 is 7.46. The number of tetrazole rings is 1. The van der Waals surface area contributed by atoms with Gasteiger partial charge in [-0.25, -0.2) is 4.39 Å². The lowest BCUT2D eigenvalue weighted by atomic mass is 10.1. The Balaban J connectivity index is 1.31. The number of rotatable bonds is 6. The highest BCUT2D eigenvalue weighted by molar-refractivity contribution is 7.99. The maximum atomic E-state index is 14.0. The van der Waals surface area contributed by atoms with E-state index in [0.717, 1.165) is 11.3 Å². The second-order valence-corrected chi connectivity index (χ2v) is 9.14. The fraction of sp³-hybridized carbons (Fsp3) is 0.364. The van der Waals surface area contributed by atoms with Gasteiger partial charge in [0.05, 0.1) is 11.4 Å². The SMILES string of the molecule is Cc1ccc(-n2nnnc2SCC(=O)N2CCN(Cc3c(F)cccc3Cl)CC2)cc1C. The van der Waals surface area contributed by atoms with E-state index in [0.29, 0.717) is 48.5 Å². The Morgan fingerprint density at radius 2 is 1.91 bits per heavy atom. The van der Waals surface area contributed by atoms with Crippen LogP contribution >= 0.6 is 23.4 Å². The zero-order valence-corrected chi connectivity index (χ0v) is 19.5. The van der Waals surface area contributed by atoms with Gasteiger partial charge in [0, 0.05) is 43.3 Å². The lowest BCUT2D eigenvalue weighted by molar-refractivity contribution is -0.130. The molecule has 1 aliphatic heterocycles. The molecule has 10 heteroatoms. The molecule has 0 saturated carbocycles. The van der Waals surface area contributed by atoms with E-state index in [1.165, 1.54) is 23.4 Å². The molecule has 0 atom stereocenters. The first-order valence-corrected chi connectivity index (χ1v) is 11.7. The van der Waals surface area contributed by atoms with Crippen molar-refractivity contribution in [3.63, 3.8) is 0 Å². The Bertz CT molecular complexity index is 1100. The predicted molar refractivity (Wildman–Crippen MR) is 123 cm³/mol. The number of halogens is 2. The molecular formula is C22H24ClFN6OS. The average Bonchev–Trinajstić information content (AvgIpc) is 3.26. The predicted octanol–water partition coefficient (Wildman–Crippen LogP) is 3.51. The maximum Gasteiger partial charge on any atom is 0.233 e. The number of aryl methyl sites for hydroxylation is 2. The van der Waals surface area contributed by atoms with Gasteiger partial charge in [-0.2, -0.15) is 4.68 Å². The highest BCUT2D eigenvalue weighted by atomic mass is 35.5. The number of nitrogens with zero attached hydrogens (tertiary/aromatic N) is 6. The number of amides is 1. The lowest BCUT2D eigenvalue weighted by Gasteiger charge is -2.34. The molecule has 0 bridgehead atoms. The maximum absolute atomic E-state index is 14.0. The highest BCUT2D eigenvalue weighted by Gasteiger charge is 2.23. The van der Waals surface area contributed by atoms with Crippen LogP contribution in [0.4, 0.5) is 4.39 Å². The highest BCUT2D eigenvalue weighted by Crippen LogP contribution is 2.23. The van der Waals surface area contributed by atoms with Crippen molar-refractivity contribution >= 4 is 29.3 Å². The minimum atomic E-state index is -0.297. The van der Waals surface area contributed by atoms with Gasteiger partial charge in [-0.3, -0.25) is 9.69 Å². The Morgan fingerprint density at radius 3 is 2.62 bits per heavy atom. The summed E-state index contributed by atoms with van der Waals surface area (Å²) < 4.78 is 15.7. The van der Waals surface area contributed by atoms with Gasteiger partial charge in [0.1, 0.15) is 5.82 Å². The van der Waals surface area contributed by atoms with Crippen LogP contribution in [-0.4, -0.2) is 67.8 Å². The molecule has 1 saturated heterocycles. The van der Waals surface area contributed by atoms with E-state index < -0.39 is 0 Å². The third-order valence-corrected chi connectivity index (χ3v) is 6.93. The van der Waals surface area contributed by atoms with Crippen molar-refractivity contribution in [3.8, 4) is 5.69 Å². The van der Waals surface area contributed by atoms with Gasteiger partial charge in [0.25, 0.3) is 0 Å². The summed E-state index contributed by atoms with van der Waals surface area (Å²) in [4.78, 5) is 16.7. The topological polar surface area (TPSA) is 67.2 Å². The molecule has 32 heavy (non-hydrogen) atoms. The monoisotopic (exact) mass is 474 g/mol. The molecule has 3 aromatic rings. The molecule has 0 aliphatic carbocycles. The first kappa shape index (κ1) is 22.7. The average molecular weight is 475 g/mol. The summed E-state index contributed by atoms with van der Waals surface area (Å²) in [6.07, 6.45) is 0. The van der Waals surface area contributed by atoms with E-state index in [9.17, 15) is 9.18 Å². The van der Waals surface area contributed by atoms with Crippen LogP contribution in [-0.2, 0) is 11.3 Å². The summed E-state index contributed by atoms with van der Waals surface area (Å²) in [6, 6.07) is 10.7. The molecule has 168 valence electrons. The molecule has 0 spiro atoms. The second-order valence-electron chi connectivity index (χ2n) is 7.79. The normalized spacial score (nSPS) is 14.7. The fourth-order valence-electron chi connectivity index (χ4n) is 3.57. The smallest absolute Gasteiger partial charge is 0.233 e. The van der Waals surface area contributed by atoms with Crippen LogP contribution in [0.25, 0.3) is 5.69 Å². The van der Waals surface area contributed by atoms with E-state index in [4.69, 9.17) is 11.6 Å². The molecule has 1 fully saturated rings. The summed E-state index contributed by atoms with van der Waals surface area (Å²) in [6.45, 7) is 7.05. The van der Waals surface area contributed by atoms with E-state index in [-0.39, 0.29) is 17.5 Å². The van der Waals surface area contributed by atoms with E-state index in [1.54, 1.807) is 16.8 Å². The lowest BCUT2D eigenvalue weighted by Crippen LogP contribution is -2.48. The summed E-state index contributed by atoms with van der Waals surface area (Å²) in [7, 11) is 0. The number of aromatic nitrogens is 4. The summed E-state index contributed by atoms with van der Waals surface area (Å²) in [5, 5.41) is 12.9. The number of hydrogen-bond acceptors (Lipinski definition) is 6. The summed E-state index contributed by atoms with van der Waals surface area (Å²) in [5.41, 5.74) is 3.72. The minimum absolute atomic E-state index is 0.0354. The zero-order chi connectivity index (χ0) is 22.7. The molecule has 1 aliphatic rings. The van der Waals surface area contributed by atoms with E-state index >= 15 is 0 Å². The molecular weight excluding hydrogens is 451 g/mol. The number of thioether (sulfide) groups is 1. The molecule has 2 aromatic carbocycles. The van der Waals surface area contributed by atoms with Crippen molar-refractivity contribution in [2.24, 2.45) is 0 Å². The molecule has 1 amide bonds. The number of carbonyl (C=O) groups excluding carboxylic acids is 1. The fourth-order valence-corrected chi connectivity index (χ4v) is 4.58. The van der Waals surface area contributed by atoms with Crippen LogP contribution in [0, 0.1) is 19.7 Å². The Labute approximate surface area is 195 Å². The molecule has 0 radical (unpaired) electrons. The number of piperazine rings is 1. The van der Waals surface area contributed by atoms with Crippen LogP contribution in [0.5, 0.6) is 0 Å². The van der Waals surface area contributed by atoms with Crippen molar-refractivity contribution in [1.29, 1.82) is 0 Å². The van der Waals surface area contributed by atoms with Crippen LogP contribution < -0.4 is 0 Å². The molecule has 2 heterocycles. The molecule has 0 N–H and O–H groups in total. The largest absolute Gasteiger partial charge is 0.339 e. The van der Waals surface area contributed by atoms with Crippen LogP contribution in [0.3, 0.4) is 0 Å². The van der Waals surface area contributed by atoms with Gasteiger partial charge in [-0.15, -0.1) is 5.10 Å². The van der Waals surface area contributed by atoms with Gasteiger partial charge in [-0.1, -0.05) is 35.5 Å². The number of carbonyl (C=O) groups is 1. The molecule has 1 aromatic heterocycles. The standard InChI is InChI=1S/C22H24ClFN6OS/c1-15-6-7-17(12-16(15)2)30-22(25-26-27-30)32-14-21(31)29-10-8-28(9-11-29)13-18-19(23)4-3-5-20(18)24/h3-7,12H,8-11,13-14H2,1-2H3. The van der Waals surface area contributed by atoms with Crippen molar-refractivity contribution in [1.82, 2.24) is 30.0 Å². The number of benzene rings is 2. The van der Waals surface area contributed by atoms with Gasteiger partial charge < -0.3 is 4.90 Å². The van der Waals surface area contributed by atoms with Gasteiger partial charge >= 0.3 is 0 Å².